The molecule has 4 rings (SSSR count). The Morgan fingerprint density at radius 2 is 1.72 bits per heavy atom. The van der Waals surface area contributed by atoms with E-state index in [1.807, 2.05) is 0 Å². The largest absolute Gasteiger partial charge is 0.484 e. The topological polar surface area (TPSA) is 42.1 Å². The number of nitrogens with zero attached hydrogens (tertiary/aromatic N) is 1. The van der Waals surface area contributed by atoms with Crippen LogP contribution in [-0.4, -0.2) is 37.4 Å². The average molecular weight is 355 g/mol. The minimum atomic E-state index is -4.36. The number of carbonyl (C=O) groups excluding carboxylic acids is 1. The van der Waals surface area contributed by atoms with E-state index in [9.17, 15) is 18.0 Å². The molecule has 4 nitrogen and oxygen atoms in total. The number of alkyl halides is 3. The monoisotopic (exact) mass is 355 g/mol. The number of rotatable bonds is 3. The predicted molar refractivity (Wildman–Crippen MR) is 84.5 cm³/mol. The zero-order valence-corrected chi connectivity index (χ0v) is 13.8. The Labute approximate surface area is 143 Å². The van der Waals surface area contributed by atoms with Crippen LogP contribution in [0.2, 0.25) is 0 Å². The van der Waals surface area contributed by atoms with Gasteiger partial charge in [0.05, 0.1) is 17.6 Å². The maximum absolute atomic E-state index is 13.0. The molecule has 2 heterocycles. The number of carbonyl (C=O) groups is 1. The van der Waals surface area contributed by atoms with Crippen LogP contribution in [0.3, 0.4) is 0 Å². The molecule has 0 bridgehead atoms. The molecule has 2 spiro atoms. The number of halogens is 3. The van der Waals surface area contributed by atoms with Crippen molar-refractivity contribution in [3.05, 3.63) is 24.3 Å². The third-order valence-electron chi connectivity index (χ3n) is 5.73. The summed E-state index contributed by atoms with van der Waals surface area (Å²) >= 11 is 0. The molecule has 1 amide bonds. The lowest BCUT2D eigenvalue weighted by atomic mass is 9.69. The number of hydrogen-bond acceptors (Lipinski definition) is 3. The lowest BCUT2D eigenvalue weighted by molar-refractivity contribution is -0.153. The van der Waals surface area contributed by atoms with Gasteiger partial charge in [-0.15, -0.1) is 0 Å². The standard InChI is InChI=1S/C18H20F3NO3/c19-18(20,21)12-24-14-3-1-13(2-4-14)22-10-9-16(15(22)23)5-7-17(8-6-16)11-25-17/h1-4H,5-12H2. The third kappa shape index (κ3) is 3.21. The fourth-order valence-corrected chi connectivity index (χ4v) is 3.99. The average Bonchev–Trinajstić information content (AvgIpc) is 3.28. The van der Waals surface area contributed by atoms with E-state index in [0.29, 0.717) is 12.2 Å². The minimum absolute atomic E-state index is 0.0520. The fourth-order valence-electron chi connectivity index (χ4n) is 3.99. The highest BCUT2D eigenvalue weighted by Gasteiger charge is 2.56. The second-order valence-electron chi connectivity index (χ2n) is 7.36. The van der Waals surface area contributed by atoms with Gasteiger partial charge in [-0.2, -0.15) is 13.2 Å². The molecule has 0 atom stereocenters. The first-order valence-electron chi connectivity index (χ1n) is 8.57. The molecule has 0 radical (unpaired) electrons. The highest BCUT2D eigenvalue weighted by Crippen LogP contribution is 2.53. The highest BCUT2D eigenvalue weighted by molar-refractivity contribution is 6.00. The molecule has 1 aromatic rings. The van der Waals surface area contributed by atoms with Crippen LogP contribution >= 0.6 is 0 Å². The quantitative estimate of drug-likeness (QED) is 0.777. The van der Waals surface area contributed by atoms with E-state index in [-0.39, 0.29) is 22.7 Å². The van der Waals surface area contributed by atoms with Crippen LogP contribution in [0.5, 0.6) is 5.75 Å². The van der Waals surface area contributed by atoms with Gasteiger partial charge in [-0.3, -0.25) is 4.79 Å². The van der Waals surface area contributed by atoms with Gasteiger partial charge in [0.25, 0.3) is 0 Å². The maximum atomic E-state index is 13.0. The van der Waals surface area contributed by atoms with Crippen LogP contribution in [0.4, 0.5) is 18.9 Å². The first-order chi connectivity index (χ1) is 11.8. The Bertz CT molecular complexity index is 657. The van der Waals surface area contributed by atoms with Crippen molar-refractivity contribution in [2.45, 2.75) is 43.9 Å². The molecule has 136 valence electrons. The first kappa shape index (κ1) is 16.7. The van der Waals surface area contributed by atoms with Gasteiger partial charge in [0.2, 0.25) is 5.91 Å². The van der Waals surface area contributed by atoms with Crippen LogP contribution in [0.25, 0.3) is 0 Å². The van der Waals surface area contributed by atoms with Gasteiger partial charge in [-0.05, 0) is 56.4 Å². The summed E-state index contributed by atoms with van der Waals surface area (Å²) < 4.78 is 46.8. The number of amides is 1. The Kier molecular flexibility index (Phi) is 3.76. The number of ether oxygens (including phenoxy) is 2. The number of benzene rings is 1. The molecule has 25 heavy (non-hydrogen) atoms. The van der Waals surface area contributed by atoms with Crippen molar-refractivity contribution in [3.63, 3.8) is 0 Å². The maximum Gasteiger partial charge on any atom is 0.422 e. The van der Waals surface area contributed by atoms with E-state index in [1.54, 1.807) is 17.0 Å². The smallest absolute Gasteiger partial charge is 0.422 e. The second-order valence-corrected chi connectivity index (χ2v) is 7.36. The third-order valence-corrected chi connectivity index (χ3v) is 5.73. The molecule has 7 heteroatoms. The van der Waals surface area contributed by atoms with Crippen LogP contribution in [0, 0.1) is 5.41 Å². The van der Waals surface area contributed by atoms with Gasteiger partial charge < -0.3 is 14.4 Å². The summed E-state index contributed by atoms with van der Waals surface area (Å²) in [5.74, 6) is 0.278. The minimum Gasteiger partial charge on any atom is -0.484 e. The summed E-state index contributed by atoms with van der Waals surface area (Å²) in [5, 5.41) is 0. The molecule has 0 N–H and O–H groups in total. The predicted octanol–water partition coefficient (Wildman–Crippen LogP) is 3.69. The van der Waals surface area contributed by atoms with Crippen LogP contribution < -0.4 is 9.64 Å². The summed E-state index contributed by atoms with van der Waals surface area (Å²) in [4.78, 5) is 14.7. The summed E-state index contributed by atoms with van der Waals surface area (Å²) in [6.45, 7) is 0.151. The molecule has 0 unspecified atom stereocenters. The van der Waals surface area contributed by atoms with Gasteiger partial charge in [0.1, 0.15) is 5.75 Å². The van der Waals surface area contributed by atoms with Crippen molar-refractivity contribution >= 4 is 11.6 Å². The molecule has 1 aromatic carbocycles. The number of hydrogen-bond donors (Lipinski definition) is 0. The van der Waals surface area contributed by atoms with E-state index >= 15 is 0 Å². The lowest BCUT2D eigenvalue weighted by Gasteiger charge is -2.34. The van der Waals surface area contributed by atoms with Crippen molar-refractivity contribution < 1.29 is 27.4 Å². The normalized spacial score (nSPS) is 31.8. The summed E-state index contributed by atoms with van der Waals surface area (Å²) in [7, 11) is 0. The van der Waals surface area contributed by atoms with Gasteiger partial charge in [0.15, 0.2) is 6.61 Å². The zero-order chi connectivity index (χ0) is 17.7. The molecule has 2 saturated heterocycles. The van der Waals surface area contributed by atoms with Crippen molar-refractivity contribution in [2.24, 2.45) is 5.41 Å². The SMILES string of the molecule is O=C1N(c2ccc(OCC(F)(F)F)cc2)CCC12CCC1(CC2)CO1. The van der Waals surface area contributed by atoms with Crippen LogP contribution in [0.15, 0.2) is 24.3 Å². The van der Waals surface area contributed by atoms with E-state index in [1.165, 1.54) is 12.1 Å². The Morgan fingerprint density at radius 3 is 2.28 bits per heavy atom. The van der Waals surface area contributed by atoms with Crippen molar-refractivity contribution in [3.8, 4) is 5.75 Å². The molecule has 0 aromatic heterocycles. The van der Waals surface area contributed by atoms with Crippen LogP contribution in [-0.2, 0) is 9.53 Å². The Morgan fingerprint density at radius 1 is 1.08 bits per heavy atom. The molecule has 3 aliphatic rings. The first-order valence-corrected chi connectivity index (χ1v) is 8.57. The number of anilines is 1. The van der Waals surface area contributed by atoms with Crippen LogP contribution in [0.1, 0.15) is 32.1 Å². The summed E-state index contributed by atoms with van der Waals surface area (Å²) in [6, 6.07) is 6.26. The van der Waals surface area contributed by atoms with Gasteiger partial charge >= 0.3 is 6.18 Å². The summed E-state index contributed by atoms with van der Waals surface area (Å²) in [6.07, 6.45) is 0.0612. The Hall–Kier alpha value is -1.76. The van der Waals surface area contributed by atoms with Gasteiger partial charge in [-0.1, -0.05) is 0 Å². The van der Waals surface area contributed by atoms with E-state index in [2.05, 4.69) is 0 Å². The molecular formula is C18H20F3NO3. The molecule has 3 fully saturated rings. The molecule has 2 aliphatic heterocycles. The zero-order valence-electron chi connectivity index (χ0n) is 13.8. The lowest BCUT2D eigenvalue weighted by Crippen LogP contribution is -2.39. The fraction of sp³-hybridized carbons (Fsp3) is 0.611. The highest BCUT2D eigenvalue weighted by atomic mass is 19.4. The Balaban J connectivity index is 1.41. The van der Waals surface area contributed by atoms with Gasteiger partial charge in [0, 0.05) is 12.2 Å². The number of epoxide rings is 1. The van der Waals surface area contributed by atoms with Gasteiger partial charge in [-0.25, -0.2) is 0 Å². The second kappa shape index (κ2) is 5.62. The molecular weight excluding hydrogens is 335 g/mol. The summed E-state index contributed by atoms with van der Waals surface area (Å²) in [5.41, 5.74) is 0.475. The van der Waals surface area contributed by atoms with Crippen molar-refractivity contribution in [2.75, 3.05) is 24.7 Å². The molecule has 1 saturated carbocycles. The van der Waals surface area contributed by atoms with E-state index in [0.717, 1.165) is 38.7 Å². The van der Waals surface area contributed by atoms with Crippen molar-refractivity contribution in [1.82, 2.24) is 0 Å². The molecule has 1 aliphatic carbocycles. The van der Waals surface area contributed by atoms with E-state index in [4.69, 9.17) is 9.47 Å². The van der Waals surface area contributed by atoms with Crippen molar-refractivity contribution in [1.29, 1.82) is 0 Å². The van der Waals surface area contributed by atoms with E-state index < -0.39 is 12.8 Å².